The maximum atomic E-state index is 5.87. The molecule has 1 aliphatic heterocycles. The Morgan fingerprint density at radius 1 is 1.54 bits per heavy atom. The lowest BCUT2D eigenvalue weighted by Crippen LogP contribution is -2.33. The molecule has 0 aliphatic carbocycles. The number of hydrogen-bond donors (Lipinski definition) is 1. The molecule has 2 unspecified atom stereocenters. The average Bonchev–Trinajstić information content (AvgIpc) is 2.47. The molecule has 4 nitrogen and oxygen atoms in total. The molecule has 13 heavy (non-hydrogen) atoms. The Kier molecular flexibility index (Phi) is 2.07. The molecule has 72 valence electrons. The standard InChI is InChI=1S/C9H16N4/c1-6(10)8-3-4-13-7(2)11-12-9(13)5-8/h6,8H,3-5,10H2,1-2H3. The second-order valence-electron chi connectivity index (χ2n) is 3.93. The maximum absolute atomic E-state index is 5.87. The monoisotopic (exact) mass is 180 g/mol. The van der Waals surface area contributed by atoms with Gasteiger partial charge >= 0.3 is 0 Å². The van der Waals surface area contributed by atoms with E-state index in [0.717, 1.165) is 31.0 Å². The number of fused-ring (bicyclic) bond motifs is 1. The van der Waals surface area contributed by atoms with E-state index >= 15 is 0 Å². The van der Waals surface area contributed by atoms with Crippen LogP contribution in [0.2, 0.25) is 0 Å². The zero-order valence-electron chi connectivity index (χ0n) is 8.20. The second kappa shape index (κ2) is 3.10. The summed E-state index contributed by atoms with van der Waals surface area (Å²) in [5, 5.41) is 8.21. The van der Waals surface area contributed by atoms with Gasteiger partial charge in [-0.05, 0) is 26.2 Å². The van der Waals surface area contributed by atoms with E-state index in [1.807, 2.05) is 6.92 Å². The van der Waals surface area contributed by atoms with Crippen LogP contribution in [0.3, 0.4) is 0 Å². The van der Waals surface area contributed by atoms with Gasteiger partial charge in [-0.15, -0.1) is 10.2 Å². The molecule has 0 saturated carbocycles. The first-order chi connectivity index (χ1) is 6.18. The first-order valence-electron chi connectivity index (χ1n) is 4.82. The van der Waals surface area contributed by atoms with Crippen molar-refractivity contribution in [1.29, 1.82) is 0 Å². The van der Waals surface area contributed by atoms with Crippen LogP contribution in [-0.4, -0.2) is 20.8 Å². The molecule has 0 radical (unpaired) electrons. The summed E-state index contributed by atoms with van der Waals surface area (Å²) in [5.41, 5.74) is 5.87. The quantitative estimate of drug-likeness (QED) is 0.684. The Hall–Kier alpha value is -0.900. The minimum absolute atomic E-state index is 0.269. The molecule has 0 saturated heterocycles. The van der Waals surface area contributed by atoms with Crippen molar-refractivity contribution >= 4 is 0 Å². The number of aryl methyl sites for hydroxylation is 1. The predicted molar refractivity (Wildman–Crippen MR) is 50.2 cm³/mol. The molecule has 0 amide bonds. The largest absolute Gasteiger partial charge is 0.328 e. The van der Waals surface area contributed by atoms with Crippen LogP contribution in [-0.2, 0) is 13.0 Å². The van der Waals surface area contributed by atoms with E-state index in [1.54, 1.807) is 0 Å². The summed E-state index contributed by atoms with van der Waals surface area (Å²) in [6.07, 6.45) is 2.14. The van der Waals surface area contributed by atoms with Crippen LogP contribution in [0.15, 0.2) is 0 Å². The van der Waals surface area contributed by atoms with Gasteiger partial charge in [-0.1, -0.05) is 0 Å². The van der Waals surface area contributed by atoms with E-state index in [2.05, 4.69) is 21.7 Å². The number of nitrogens with zero attached hydrogens (tertiary/aromatic N) is 3. The first-order valence-corrected chi connectivity index (χ1v) is 4.82. The van der Waals surface area contributed by atoms with Gasteiger partial charge in [0, 0.05) is 19.0 Å². The smallest absolute Gasteiger partial charge is 0.133 e. The SMILES string of the molecule is Cc1nnc2n1CCC(C(C)N)C2. The summed E-state index contributed by atoms with van der Waals surface area (Å²) in [6, 6.07) is 0.269. The molecule has 2 heterocycles. The van der Waals surface area contributed by atoms with Gasteiger partial charge in [0.2, 0.25) is 0 Å². The molecule has 2 N–H and O–H groups in total. The lowest BCUT2D eigenvalue weighted by atomic mass is 9.91. The van der Waals surface area contributed by atoms with Gasteiger partial charge in [-0.3, -0.25) is 0 Å². The highest BCUT2D eigenvalue weighted by molar-refractivity contribution is 4.99. The minimum atomic E-state index is 0.269. The van der Waals surface area contributed by atoms with Crippen molar-refractivity contribution in [2.45, 2.75) is 39.3 Å². The molecular weight excluding hydrogens is 164 g/mol. The van der Waals surface area contributed by atoms with Crippen LogP contribution in [0, 0.1) is 12.8 Å². The highest BCUT2D eigenvalue weighted by atomic mass is 15.3. The maximum Gasteiger partial charge on any atom is 0.133 e. The number of nitrogens with two attached hydrogens (primary N) is 1. The van der Waals surface area contributed by atoms with Crippen molar-refractivity contribution in [3.05, 3.63) is 11.6 Å². The van der Waals surface area contributed by atoms with Crippen molar-refractivity contribution in [3.63, 3.8) is 0 Å². The topological polar surface area (TPSA) is 56.7 Å². The van der Waals surface area contributed by atoms with Crippen molar-refractivity contribution < 1.29 is 0 Å². The van der Waals surface area contributed by atoms with Crippen molar-refractivity contribution in [2.24, 2.45) is 11.7 Å². The third kappa shape index (κ3) is 1.46. The summed E-state index contributed by atoms with van der Waals surface area (Å²) in [5.74, 6) is 2.71. The van der Waals surface area contributed by atoms with Crippen LogP contribution in [0.5, 0.6) is 0 Å². The summed E-state index contributed by atoms with van der Waals surface area (Å²) in [7, 11) is 0. The van der Waals surface area contributed by atoms with Crippen molar-refractivity contribution in [3.8, 4) is 0 Å². The zero-order chi connectivity index (χ0) is 9.42. The highest BCUT2D eigenvalue weighted by Gasteiger charge is 2.23. The number of hydrogen-bond acceptors (Lipinski definition) is 3. The molecule has 2 atom stereocenters. The molecule has 1 aromatic rings. The van der Waals surface area contributed by atoms with Gasteiger partial charge in [0.1, 0.15) is 11.6 Å². The molecule has 0 spiro atoms. The number of aromatic nitrogens is 3. The van der Waals surface area contributed by atoms with E-state index < -0.39 is 0 Å². The summed E-state index contributed by atoms with van der Waals surface area (Å²) >= 11 is 0. The van der Waals surface area contributed by atoms with Gasteiger partial charge < -0.3 is 10.3 Å². The van der Waals surface area contributed by atoms with E-state index in [4.69, 9.17) is 5.73 Å². The fourth-order valence-electron chi connectivity index (χ4n) is 1.95. The molecule has 1 aromatic heterocycles. The van der Waals surface area contributed by atoms with E-state index in [1.165, 1.54) is 0 Å². The molecule has 1 aliphatic rings. The Bertz CT molecular complexity index is 303. The summed E-state index contributed by atoms with van der Waals surface area (Å²) in [4.78, 5) is 0. The zero-order valence-corrected chi connectivity index (χ0v) is 8.20. The Labute approximate surface area is 78.1 Å². The minimum Gasteiger partial charge on any atom is -0.328 e. The molecule has 0 bridgehead atoms. The Morgan fingerprint density at radius 2 is 2.31 bits per heavy atom. The third-order valence-corrected chi connectivity index (χ3v) is 2.92. The van der Waals surface area contributed by atoms with Crippen molar-refractivity contribution in [2.75, 3.05) is 0 Å². The fourth-order valence-corrected chi connectivity index (χ4v) is 1.95. The highest BCUT2D eigenvalue weighted by Crippen LogP contribution is 2.21. The third-order valence-electron chi connectivity index (χ3n) is 2.92. The van der Waals surface area contributed by atoms with Crippen molar-refractivity contribution in [1.82, 2.24) is 14.8 Å². The van der Waals surface area contributed by atoms with Crippen LogP contribution >= 0.6 is 0 Å². The lowest BCUT2D eigenvalue weighted by Gasteiger charge is -2.25. The fraction of sp³-hybridized carbons (Fsp3) is 0.778. The molecule has 4 heteroatoms. The summed E-state index contributed by atoms with van der Waals surface area (Å²) < 4.78 is 2.19. The van der Waals surface area contributed by atoms with Crippen LogP contribution in [0.4, 0.5) is 0 Å². The van der Waals surface area contributed by atoms with Crippen LogP contribution in [0.1, 0.15) is 25.0 Å². The lowest BCUT2D eigenvalue weighted by molar-refractivity contribution is 0.335. The van der Waals surface area contributed by atoms with E-state index in [-0.39, 0.29) is 6.04 Å². The second-order valence-corrected chi connectivity index (χ2v) is 3.93. The molecule has 0 fully saturated rings. The first kappa shape index (κ1) is 8.69. The summed E-state index contributed by atoms with van der Waals surface area (Å²) in [6.45, 7) is 5.10. The average molecular weight is 180 g/mol. The number of rotatable bonds is 1. The van der Waals surface area contributed by atoms with Gasteiger partial charge in [-0.25, -0.2) is 0 Å². The van der Waals surface area contributed by atoms with E-state index in [0.29, 0.717) is 5.92 Å². The van der Waals surface area contributed by atoms with E-state index in [9.17, 15) is 0 Å². The van der Waals surface area contributed by atoms with Gasteiger partial charge in [-0.2, -0.15) is 0 Å². The van der Waals surface area contributed by atoms with Crippen LogP contribution < -0.4 is 5.73 Å². The molecule has 0 aromatic carbocycles. The predicted octanol–water partition coefficient (Wildman–Crippen LogP) is 0.496. The Balaban J connectivity index is 2.21. The molecule has 2 rings (SSSR count). The normalized spacial score (nSPS) is 24.1. The van der Waals surface area contributed by atoms with Gasteiger partial charge in [0.15, 0.2) is 0 Å². The Morgan fingerprint density at radius 3 is 3.00 bits per heavy atom. The van der Waals surface area contributed by atoms with Gasteiger partial charge in [0.25, 0.3) is 0 Å². The van der Waals surface area contributed by atoms with Gasteiger partial charge in [0.05, 0.1) is 0 Å². The van der Waals surface area contributed by atoms with Crippen LogP contribution in [0.25, 0.3) is 0 Å². The molecular formula is C9H16N4.